The summed E-state index contributed by atoms with van der Waals surface area (Å²) in [6, 6.07) is 0. The largest absolute Gasteiger partial charge is 0.481 e. The SMILES string of the molecule is CC1(NC(=O)CC2(CC(=O)O)CCCCC2)CCCCC1. The Morgan fingerprint density at radius 2 is 1.43 bits per heavy atom. The number of rotatable bonds is 5. The quantitative estimate of drug-likeness (QED) is 0.813. The summed E-state index contributed by atoms with van der Waals surface area (Å²) >= 11 is 0. The molecule has 0 bridgehead atoms. The van der Waals surface area contributed by atoms with Crippen LogP contribution in [0.25, 0.3) is 0 Å². The molecule has 0 aliphatic heterocycles. The standard InChI is InChI=1S/C17H29NO3/c1-16(8-4-2-5-9-16)18-14(19)12-17(13-15(20)21)10-6-3-7-11-17/h2-13H2,1H3,(H,18,19)(H,20,21). The van der Waals surface area contributed by atoms with Crippen molar-refractivity contribution in [2.75, 3.05) is 0 Å². The second kappa shape index (κ2) is 6.80. The third-order valence-electron chi connectivity index (χ3n) is 5.37. The maximum atomic E-state index is 12.5. The van der Waals surface area contributed by atoms with Crippen LogP contribution in [0.3, 0.4) is 0 Å². The first-order chi connectivity index (χ1) is 9.93. The fourth-order valence-electron chi connectivity index (χ4n) is 4.22. The fraction of sp³-hybridized carbons (Fsp3) is 0.882. The van der Waals surface area contributed by atoms with Crippen molar-refractivity contribution in [3.8, 4) is 0 Å². The minimum atomic E-state index is -0.770. The minimum absolute atomic E-state index is 0.0579. The van der Waals surface area contributed by atoms with Gasteiger partial charge in [0.15, 0.2) is 0 Å². The summed E-state index contributed by atoms with van der Waals surface area (Å²) in [4.78, 5) is 23.6. The van der Waals surface area contributed by atoms with E-state index in [1.54, 1.807) is 0 Å². The number of aliphatic carboxylic acids is 1. The lowest BCUT2D eigenvalue weighted by molar-refractivity contribution is -0.141. The van der Waals surface area contributed by atoms with Crippen LogP contribution in [0.1, 0.15) is 84.0 Å². The van der Waals surface area contributed by atoms with Crippen molar-refractivity contribution in [3.63, 3.8) is 0 Å². The van der Waals surface area contributed by atoms with E-state index in [1.165, 1.54) is 25.7 Å². The number of amides is 1. The summed E-state index contributed by atoms with van der Waals surface area (Å²) in [6.45, 7) is 2.13. The highest BCUT2D eigenvalue weighted by molar-refractivity contribution is 5.78. The Bertz CT molecular complexity index is 379. The molecule has 2 rings (SSSR count). The van der Waals surface area contributed by atoms with Gasteiger partial charge in [-0.3, -0.25) is 9.59 Å². The monoisotopic (exact) mass is 295 g/mol. The first kappa shape index (κ1) is 16.3. The average molecular weight is 295 g/mol. The summed E-state index contributed by atoms with van der Waals surface area (Å²) in [5.41, 5.74) is -0.381. The Hall–Kier alpha value is -1.06. The summed E-state index contributed by atoms with van der Waals surface area (Å²) < 4.78 is 0. The molecule has 0 saturated heterocycles. The molecule has 2 aliphatic carbocycles. The molecule has 4 heteroatoms. The van der Waals surface area contributed by atoms with E-state index in [0.717, 1.165) is 38.5 Å². The first-order valence-electron chi connectivity index (χ1n) is 8.46. The van der Waals surface area contributed by atoms with Gasteiger partial charge in [0, 0.05) is 12.0 Å². The van der Waals surface area contributed by atoms with Crippen LogP contribution in [0.2, 0.25) is 0 Å². The topological polar surface area (TPSA) is 66.4 Å². The number of carbonyl (C=O) groups is 2. The molecule has 21 heavy (non-hydrogen) atoms. The van der Waals surface area contributed by atoms with Gasteiger partial charge >= 0.3 is 5.97 Å². The van der Waals surface area contributed by atoms with Crippen molar-refractivity contribution in [3.05, 3.63) is 0 Å². The van der Waals surface area contributed by atoms with E-state index in [2.05, 4.69) is 12.2 Å². The van der Waals surface area contributed by atoms with Crippen molar-refractivity contribution in [1.29, 1.82) is 0 Å². The zero-order chi connectivity index (χ0) is 15.3. The van der Waals surface area contributed by atoms with Gasteiger partial charge in [-0.05, 0) is 38.0 Å². The molecule has 1 amide bonds. The second-order valence-electron chi connectivity index (χ2n) is 7.48. The molecule has 0 radical (unpaired) electrons. The molecule has 0 heterocycles. The lowest BCUT2D eigenvalue weighted by atomic mass is 9.69. The minimum Gasteiger partial charge on any atom is -0.481 e. The molecule has 0 aromatic carbocycles. The van der Waals surface area contributed by atoms with Crippen LogP contribution >= 0.6 is 0 Å². The molecule has 0 aromatic rings. The Balaban J connectivity index is 1.95. The van der Waals surface area contributed by atoms with Crippen LogP contribution in [-0.2, 0) is 9.59 Å². The molecule has 120 valence electrons. The van der Waals surface area contributed by atoms with E-state index in [-0.39, 0.29) is 23.3 Å². The summed E-state index contributed by atoms with van der Waals surface area (Å²) in [5, 5.41) is 12.4. The normalized spacial score (nSPS) is 24.2. The number of hydrogen-bond donors (Lipinski definition) is 2. The van der Waals surface area contributed by atoms with Crippen LogP contribution < -0.4 is 5.32 Å². The van der Waals surface area contributed by atoms with Crippen molar-refractivity contribution in [2.45, 2.75) is 89.5 Å². The number of nitrogens with one attached hydrogen (secondary N) is 1. The summed E-state index contributed by atoms with van der Waals surface area (Å²) in [5.74, 6) is -0.712. The summed E-state index contributed by atoms with van der Waals surface area (Å²) in [6.07, 6.45) is 11.3. The van der Waals surface area contributed by atoms with E-state index < -0.39 is 5.97 Å². The van der Waals surface area contributed by atoms with Gasteiger partial charge < -0.3 is 10.4 Å². The van der Waals surface area contributed by atoms with E-state index >= 15 is 0 Å². The van der Waals surface area contributed by atoms with Gasteiger partial charge in [0.05, 0.1) is 6.42 Å². The molecule has 2 N–H and O–H groups in total. The van der Waals surface area contributed by atoms with Crippen LogP contribution in [0.5, 0.6) is 0 Å². The van der Waals surface area contributed by atoms with Crippen LogP contribution in [0.4, 0.5) is 0 Å². The van der Waals surface area contributed by atoms with Crippen molar-refractivity contribution in [1.82, 2.24) is 5.32 Å². The molecular weight excluding hydrogens is 266 g/mol. The van der Waals surface area contributed by atoms with Crippen molar-refractivity contribution in [2.24, 2.45) is 5.41 Å². The lowest BCUT2D eigenvalue weighted by Gasteiger charge is -2.39. The first-order valence-corrected chi connectivity index (χ1v) is 8.46. The molecule has 2 fully saturated rings. The Kier molecular flexibility index (Phi) is 5.28. The van der Waals surface area contributed by atoms with E-state index in [0.29, 0.717) is 6.42 Å². The molecular formula is C17H29NO3. The van der Waals surface area contributed by atoms with Gasteiger partial charge in [-0.1, -0.05) is 38.5 Å². The second-order valence-corrected chi connectivity index (χ2v) is 7.48. The van der Waals surface area contributed by atoms with Crippen LogP contribution in [0.15, 0.2) is 0 Å². The number of carboxylic acid groups (broad SMARTS) is 1. The summed E-state index contributed by atoms with van der Waals surface area (Å²) in [7, 11) is 0. The van der Waals surface area contributed by atoms with Crippen molar-refractivity contribution < 1.29 is 14.7 Å². The lowest BCUT2D eigenvalue weighted by Crippen LogP contribution is -2.48. The number of carboxylic acids is 1. The molecule has 0 aromatic heterocycles. The van der Waals surface area contributed by atoms with Gasteiger partial charge in [0.2, 0.25) is 5.91 Å². The molecule has 4 nitrogen and oxygen atoms in total. The van der Waals surface area contributed by atoms with Gasteiger partial charge in [-0.2, -0.15) is 0 Å². The van der Waals surface area contributed by atoms with Gasteiger partial charge in [0.25, 0.3) is 0 Å². The van der Waals surface area contributed by atoms with Crippen LogP contribution in [-0.4, -0.2) is 22.5 Å². The molecule has 2 aliphatic rings. The predicted molar refractivity (Wildman–Crippen MR) is 82.0 cm³/mol. The number of carbonyl (C=O) groups excluding carboxylic acids is 1. The maximum absolute atomic E-state index is 12.5. The molecule has 0 atom stereocenters. The Morgan fingerprint density at radius 1 is 0.905 bits per heavy atom. The van der Waals surface area contributed by atoms with Crippen molar-refractivity contribution >= 4 is 11.9 Å². The molecule has 0 spiro atoms. The predicted octanol–water partition coefficient (Wildman–Crippen LogP) is 3.64. The van der Waals surface area contributed by atoms with Crippen LogP contribution in [0, 0.1) is 5.41 Å². The number of hydrogen-bond acceptors (Lipinski definition) is 2. The Labute approximate surface area is 127 Å². The van der Waals surface area contributed by atoms with E-state index in [4.69, 9.17) is 0 Å². The fourth-order valence-corrected chi connectivity index (χ4v) is 4.22. The molecule has 0 unspecified atom stereocenters. The highest BCUT2D eigenvalue weighted by Gasteiger charge is 2.38. The molecule has 2 saturated carbocycles. The Morgan fingerprint density at radius 3 is 1.95 bits per heavy atom. The van der Waals surface area contributed by atoms with Gasteiger partial charge in [0.1, 0.15) is 0 Å². The highest BCUT2D eigenvalue weighted by atomic mass is 16.4. The third kappa shape index (κ3) is 4.72. The van der Waals surface area contributed by atoms with Gasteiger partial charge in [-0.25, -0.2) is 0 Å². The highest BCUT2D eigenvalue weighted by Crippen LogP contribution is 2.42. The van der Waals surface area contributed by atoms with Gasteiger partial charge in [-0.15, -0.1) is 0 Å². The third-order valence-corrected chi connectivity index (χ3v) is 5.37. The average Bonchev–Trinajstić information content (AvgIpc) is 2.38. The zero-order valence-corrected chi connectivity index (χ0v) is 13.2. The van der Waals surface area contributed by atoms with E-state index in [1.807, 2.05) is 0 Å². The zero-order valence-electron chi connectivity index (χ0n) is 13.2. The maximum Gasteiger partial charge on any atom is 0.303 e. The van der Waals surface area contributed by atoms with E-state index in [9.17, 15) is 14.7 Å². The smallest absolute Gasteiger partial charge is 0.303 e.